The number of benzene rings is 2. The van der Waals surface area contributed by atoms with Crippen LogP contribution in [0.2, 0.25) is 0 Å². The predicted molar refractivity (Wildman–Crippen MR) is 120 cm³/mol. The molecular weight excluding hydrogens is 422 g/mol. The van der Waals surface area contributed by atoms with E-state index in [-0.39, 0.29) is 16.8 Å². The van der Waals surface area contributed by atoms with Gasteiger partial charge in [-0.2, -0.15) is 4.31 Å². The Kier molecular flexibility index (Phi) is 6.87. The molecule has 7 nitrogen and oxygen atoms in total. The smallest absolute Gasteiger partial charge is 0.260 e. The molecule has 0 bridgehead atoms. The minimum atomic E-state index is -3.61. The van der Waals surface area contributed by atoms with Crippen LogP contribution in [0.4, 0.5) is 5.13 Å². The number of anilines is 1. The molecule has 3 aromatic rings. The first kappa shape index (κ1) is 22.4. The molecule has 1 amide bonds. The lowest BCUT2D eigenvalue weighted by Crippen LogP contribution is -2.34. The SMILES string of the molecule is COCCN(C(=O)c1ccc(S(=O)(=O)N(C)C(C)C)cc1)c1nc2ccccc2s1. The molecule has 3 rings (SSSR count). The lowest BCUT2D eigenvalue weighted by molar-refractivity contribution is 0.0976. The van der Waals surface area contributed by atoms with E-state index in [2.05, 4.69) is 4.98 Å². The highest BCUT2D eigenvalue weighted by atomic mass is 32.2. The maximum absolute atomic E-state index is 13.2. The first-order chi connectivity index (χ1) is 14.3. The van der Waals surface area contributed by atoms with E-state index in [1.807, 2.05) is 24.3 Å². The molecule has 0 radical (unpaired) electrons. The highest BCUT2D eigenvalue weighted by Gasteiger charge is 2.25. The number of thiazole rings is 1. The fourth-order valence-corrected chi connectivity index (χ4v) is 5.17. The van der Waals surface area contributed by atoms with Crippen molar-refractivity contribution in [1.29, 1.82) is 0 Å². The molecule has 1 heterocycles. The van der Waals surface area contributed by atoms with Gasteiger partial charge < -0.3 is 4.74 Å². The number of hydrogen-bond donors (Lipinski definition) is 0. The summed E-state index contributed by atoms with van der Waals surface area (Å²) in [7, 11) is -0.491. The molecule has 0 unspecified atom stereocenters. The minimum absolute atomic E-state index is 0.152. The topological polar surface area (TPSA) is 79.8 Å². The zero-order valence-corrected chi connectivity index (χ0v) is 19.0. The van der Waals surface area contributed by atoms with E-state index in [4.69, 9.17) is 4.74 Å². The van der Waals surface area contributed by atoms with Crippen LogP contribution >= 0.6 is 11.3 Å². The number of para-hydroxylation sites is 1. The summed E-state index contributed by atoms with van der Waals surface area (Å²) >= 11 is 1.43. The first-order valence-corrected chi connectivity index (χ1v) is 11.8. The van der Waals surface area contributed by atoms with Crippen LogP contribution in [0.3, 0.4) is 0 Å². The molecule has 0 N–H and O–H groups in total. The summed E-state index contributed by atoms with van der Waals surface area (Å²) in [5.41, 5.74) is 1.21. The van der Waals surface area contributed by atoms with E-state index < -0.39 is 10.0 Å². The van der Waals surface area contributed by atoms with Gasteiger partial charge in [0.2, 0.25) is 10.0 Å². The van der Waals surface area contributed by atoms with Crippen molar-refractivity contribution in [1.82, 2.24) is 9.29 Å². The lowest BCUT2D eigenvalue weighted by atomic mass is 10.2. The Morgan fingerprint density at radius 2 is 1.80 bits per heavy atom. The monoisotopic (exact) mass is 447 g/mol. The molecule has 0 aliphatic heterocycles. The van der Waals surface area contributed by atoms with Crippen LogP contribution < -0.4 is 4.90 Å². The largest absolute Gasteiger partial charge is 0.383 e. The number of methoxy groups -OCH3 is 1. The van der Waals surface area contributed by atoms with E-state index in [1.54, 1.807) is 32.9 Å². The number of sulfonamides is 1. The predicted octanol–water partition coefficient (Wildman–Crippen LogP) is 3.62. The molecule has 0 spiro atoms. The van der Waals surface area contributed by atoms with Crippen LogP contribution in [-0.2, 0) is 14.8 Å². The van der Waals surface area contributed by atoms with E-state index in [9.17, 15) is 13.2 Å². The zero-order valence-electron chi connectivity index (χ0n) is 17.4. The summed E-state index contributed by atoms with van der Waals surface area (Å²) in [4.78, 5) is 19.5. The van der Waals surface area contributed by atoms with Gasteiger partial charge in [0.15, 0.2) is 5.13 Å². The molecule has 1 aromatic heterocycles. The van der Waals surface area contributed by atoms with Crippen molar-refractivity contribution in [3.8, 4) is 0 Å². The van der Waals surface area contributed by atoms with Gasteiger partial charge in [0, 0.05) is 25.8 Å². The van der Waals surface area contributed by atoms with E-state index in [0.717, 1.165) is 10.2 Å². The second kappa shape index (κ2) is 9.22. The Morgan fingerprint density at radius 3 is 2.40 bits per heavy atom. The molecule has 160 valence electrons. The number of carbonyl (C=O) groups is 1. The number of aromatic nitrogens is 1. The van der Waals surface area contributed by atoms with Gasteiger partial charge in [-0.05, 0) is 50.2 Å². The van der Waals surface area contributed by atoms with Crippen molar-refractivity contribution in [3.05, 3.63) is 54.1 Å². The number of hydrogen-bond acceptors (Lipinski definition) is 6. The Bertz CT molecular complexity index is 1090. The summed E-state index contributed by atoms with van der Waals surface area (Å²) in [5.74, 6) is -0.257. The summed E-state index contributed by atoms with van der Waals surface area (Å²) in [6.45, 7) is 4.31. The maximum Gasteiger partial charge on any atom is 0.260 e. The minimum Gasteiger partial charge on any atom is -0.383 e. The van der Waals surface area contributed by atoms with Crippen LogP contribution in [0.25, 0.3) is 10.2 Å². The number of rotatable bonds is 8. The number of nitrogens with zero attached hydrogens (tertiary/aromatic N) is 3. The molecule has 0 atom stereocenters. The summed E-state index contributed by atoms with van der Waals surface area (Å²) in [6, 6.07) is 13.5. The average Bonchev–Trinajstić information content (AvgIpc) is 3.17. The van der Waals surface area contributed by atoms with Gasteiger partial charge in [-0.15, -0.1) is 0 Å². The van der Waals surface area contributed by atoms with E-state index in [0.29, 0.717) is 23.8 Å². The van der Waals surface area contributed by atoms with Crippen molar-refractivity contribution in [2.75, 3.05) is 32.2 Å². The highest BCUT2D eigenvalue weighted by molar-refractivity contribution is 7.89. The van der Waals surface area contributed by atoms with Gasteiger partial charge in [-0.3, -0.25) is 9.69 Å². The summed E-state index contributed by atoms with van der Waals surface area (Å²) < 4.78 is 32.8. The summed E-state index contributed by atoms with van der Waals surface area (Å²) in [6.07, 6.45) is 0. The standard InChI is InChI=1S/C21H25N3O4S2/c1-15(2)23(3)30(26,27)17-11-9-16(10-12-17)20(25)24(13-14-28-4)21-22-18-7-5-6-8-19(18)29-21/h5-12,15H,13-14H2,1-4H3. The quantitative estimate of drug-likeness (QED) is 0.527. The van der Waals surface area contributed by atoms with Crippen molar-refractivity contribution >= 4 is 42.6 Å². The van der Waals surface area contributed by atoms with Gasteiger partial charge in [-0.1, -0.05) is 23.5 Å². The second-order valence-electron chi connectivity index (χ2n) is 7.05. The van der Waals surface area contributed by atoms with Crippen LogP contribution in [-0.4, -0.2) is 57.0 Å². The number of ether oxygens (including phenoxy) is 1. The van der Waals surface area contributed by atoms with Crippen LogP contribution in [0.15, 0.2) is 53.4 Å². The van der Waals surface area contributed by atoms with Crippen LogP contribution in [0.5, 0.6) is 0 Å². The van der Waals surface area contributed by atoms with Gasteiger partial charge in [-0.25, -0.2) is 13.4 Å². The average molecular weight is 448 g/mol. The lowest BCUT2D eigenvalue weighted by Gasteiger charge is -2.22. The normalized spacial score (nSPS) is 12.1. The molecule has 9 heteroatoms. The molecule has 0 aliphatic rings. The third-order valence-electron chi connectivity index (χ3n) is 4.78. The van der Waals surface area contributed by atoms with Crippen LogP contribution in [0.1, 0.15) is 24.2 Å². The van der Waals surface area contributed by atoms with Gasteiger partial charge in [0.05, 0.1) is 28.3 Å². The Morgan fingerprint density at radius 1 is 1.13 bits per heavy atom. The third kappa shape index (κ3) is 4.54. The molecule has 2 aromatic carbocycles. The Balaban J connectivity index is 1.91. The Labute approximate surface area is 181 Å². The second-order valence-corrected chi connectivity index (χ2v) is 10.1. The maximum atomic E-state index is 13.2. The van der Waals surface area contributed by atoms with Gasteiger partial charge >= 0.3 is 0 Å². The molecule has 30 heavy (non-hydrogen) atoms. The Hall–Kier alpha value is -2.33. The number of amides is 1. The summed E-state index contributed by atoms with van der Waals surface area (Å²) in [5, 5.41) is 0.578. The van der Waals surface area contributed by atoms with Crippen LogP contribution in [0, 0.1) is 0 Å². The fourth-order valence-electron chi connectivity index (χ4n) is 2.81. The highest BCUT2D eigenvalue weighted by Crippen LogP contribution is 2.29. The zero-order chi connectivity index (χ0) is 21.9. The van der Waals surface area contributed by atoms with Crippen molar-refractivity contribution in [2.45, 2.75) is 24.8 Å². The van der Waals surface area contributed by atoms with Crippen molar-refractivity contribution in [2.24, 2.45) is 0 Å². The number of carbonyl (C=O) groups excluding carboxylic acids is 1. The fraction of sp³-hybridized carbons (Fsp3) is 0.333. The van der Waals surface area contributed by atoms with Crippen molar-refractivity contribution in [3.63, 3.8) is 0 Å². The molecular formula is C21H25N3O4S2. The van der Waals surface area contributed by atoms with E-state index in [1.165, 1.54) is 39.9 Å². The molecule has 0 aliphatic carbocycles. The molecule has 0 fully saturated rings. The van der Waals surface area contributed by atoms with Gasteiger partial charge in [0.1, 0.15) is 0 Å². The first-order valence-electron chi connectivity index (χ1n) is 9.50. The van der Waals surface area contributed by atoms with Gasteiger partial charge in [0.25, 0.3) is 5.91 Å². The van der Waals surface area contributed by atoms with Crippen molar-refractivity contribution < 1.29 is 17.9 Å². The third-order valence-corrected chi connectivity index (χ3v) is 7.89. The molecule has 0 saturated carbocycles. The number of fused-ring (bicyclic) bond motifs is 1. The van der Waals surface area contributed by atoms with E-state index >= 15 is 0 Å². The molecule has 0 saturated heterocycles.